The van der Waals surface area contributed by atoms with Crippen LogP contribution in [-0.2, 0) is 25.5 Å². The summed E-state index contributed by atoms with van der Waals surface area (Å²) >= 11 is 0. The molecular weight excluding hydrogens is 500 g/mol. The molecule has 39 heavy (non-hydrogen) atoms. The van der Waals surface area contributed by atoms with Crippen molar-refractivity contribution in [2.75, 3.05) is 33.9 Å². The molecule has 1 aliphatic heterocycles. The van der Waals surface area contributed by atoms with Gasteiger partial charge in [-0.1, -0.05) is 31.4 Å². The molecule has 2 aromatic rings. The highest BCUT2D eigenvalue weighted by atomic mass is 16.5. The fourth-order valence-corrected chi connectivity index (χ4v) is 5.31. The van der Waals surface area contributed by atoms with Gasteiger partial charge in [0.05, 0.1) is 26.3 Å². The standard InChI is InChI=1S/C29H36N4O6/c1-38-23-12-10-20(11-13-23)17-24(29(37)39-2)31-26(34)25-19-32(27(35)22-9-6-14-30-18-22)15-16-33(25)28(36)21-7-4-3-5-8-21/h6,9-14,18,21,24-25H,3-5,7-8,15-17,19H2,1-2H3,(H,31,34)/t24-,25+/m0/s1. The molecule has 0 bridgehead atoms. The predicted octanol–water partition coefficient (Wildman–Crippen LogP) is 2.22. The number of nitrogens with one attached hydrogen (secondary N) is 1. The number of benzene rings is 1. The van der Waals surface area contributed by atoms with E-state index >= 15 is 0 Å². The summed E-state index contributed by atoms with van der Waals surface area (Å²) in [5.74, 6) is -0.864. The molecule has 10 heteroatoms. The number of carbonyl (C=O) groups is 4. The Morgan fingerprint density at radius 1 is 1.03 bits per heavy atom. The van der Waals surface area contributed by atoms with Crippen LogP contribution in [0.2, 0.25) is 0 Å². The minimum atomic E-state index is -0.966. The SMILES string of the molecule is COC(=O)[C@H](Cc1ccc(OC)cc1)NC(=O)[C@H]1CN(C(=O)c2cccnc2)CCN1C(=O)C1CCCCC1. The molecule has 2 atom stereocenters. The summed E-state index contributed by atoms with van der Waals surface area (Å²) in [6.07, 6.45) is 7.94. The average Bonchev–Trinajstić information content (AvgIpc) is 3.00. The number of hydrogen-bond acceptors (Lipinski definition) is 7. The maximum Gasteiger partial charge on any atom is 0.328 e. The van der Waals surface area contributed by atoms with Crippen molar-refractivity contribution in [3.63, 3.8) is 0 Å². The van der Waals surface area contributed by atoms with E-state index in [4.69, 9.17) is 9.47 Å². The normalized spacial score (nSPS) is 18.7. The van der Waals surface area contributed by atoms with E-state index in [1.165, 1.54) is 13.3 Å². The molecule has 10 nitrogen and oxygen atoms in total. The average molecular weight is 537 g/mol. The van der Waals surface area contributed by atoms with Crippen molar-refractivity contribution >= 4 is 23.7 Å². The van der Waals surface area contributed by atoms with Gasteiger partial charge in [0.15, 0.2) is 0 Å². The third-order valence-electron chi connectivity index (χ3n) is 7.52. The van der Waals surface area contributed by atoms with Crippen molar-refractivity contribution in [2.24, 2.45) is 5.92 Å². The number of esters is 1. The second-order valence-corrected chi connectivity index (χ2v) is 10.0. The van der Waals surface area contributed by atoms with Gasteiger partial charge >= 0.3 is 5.97 Å². The number of carbonyl (C=O) groups excluding carboxylic acids is 4. The summed E-state index contributed by atoms with van der Waals surface area (Å²) in [6, 6.07) is 8.64. The van der Waals surface area contributed by atoms with Crippen LogP contribution in [0.4, 0.5) is 0 Å². The maximum atomic E-state index is 13.7. The number of methoxy groups -OCH3 is 2. The number of amides is 3. The van der Waals surface area contributed by atoms with Crippen molar-refractivity contribution < 1.29 is 28.7 Å². The summed E-state index contributed by atoms with van der Waals surface area (Å²) in [5.41, 5.74) is 1.22. The molecule has 1 N–H and O–H groups in total. The van der Waals surface area contributed by atoms with Gasteiger partial charge in [0.1, 0.15) is 17.8 Å². The van der Waals surface area contributed by atoms with E-state index in [-0.39, 0.29) is 37.2 Å². The number of piperazine rings is 1. The second kappa shape index (κ2) is 13.2. The molecular formula is C29H36N4O6. The molecule has 2 heterocycles. The zero-order valence-electron chi connectivity index (χ0n) is 22.5. The first-order valence-electron chi connectivity index (χ1n) is 13.4. The Labute approximate surface area is 228 Å². The molecule has 208 valence electrons. The van der Waals surface area contributed by atoms with Crippen LogP contribution in [0.5, 0.6) is 5.75 Å². The molecule has 1 saturated heterocycles. The monoisotopic (exact) mass is 536 g/mol. The fraction of sp³-hybridized carbons (Fsp3) is 0.483. The highest BCUT2D eigenvalue weighted by Crippen LogP contribution is 2.27. The van der Waals surface area contributed by atoms with Gasteiger partial charge in [0.25, 0.3) is 5.91 Å². The van der Waals surface area contributed by atoms with Crippen molar-refractivity contribution in [3.05, 3.63) is 59.9 Å². The van der Waals surface area contributed by atoms with Gasteiger partial charge in [-0.2, -0.15) is 0 Å². The Bertz CT molecular complexity index is 1150. The number of nitrogens with zero attached hydrogens (tertiary/aromatic N) is 3. The first-order chi connectivity index (χ1) is 18.9. The molecule has 0 spiro atoms. The van der Waals surface area contributed by atoms with Crippen LogP contribution in [0.1, 0.15) is 48.0 Å². The molecule has 4 rings (SSSR count). The molecule has 1 saturated carbocycles. The summed E-state index contributed by atoms with van der Waals surface area (Å²) in [7, 11) is 2.84. The van der Waals surface area contributed by atoms with Gasteiger partial charge in [0.2, 0.25) is 11.8 Å². The predicted molar refractivity (Wildman–Crippen MR) is 143 cm³/mol. The van der Waals surface area contributed by atoms with Crippen LogP contribution in [0, 0.1) is 5.92 Å². The first-order valence-corrected chi connectivity index (χ1v) is 13.4. The smallest absolute Gasteiger partial charge is 0.328 e. The highest BCUT2D eigenvalue weighted by Gasteiger charge is 2.40. The Morgan fingerprint density at radius 2 is 1.77 bits per heavy atom. The van der Waals surface area contributed by atoms with E-state index in [1.54, 1.807) is 47.4 Å². The van der Waals surface area contributed by atoms with Gasteiger partial charge in [0, 0.05) is 37.8 Å². The van der Waals surface area contributed by atoms with Crippen LogP contribution in [0.3, 0.4) is 0 Å². The summed E-state index contributed by atoms with van der Waals surface area (Å²) in [4.78, 5) is 60.4. The van der Waals surface area contributed by atoms with E-state index in [1.807, 2.05) is 12.1 Å². The number of rotatable bonds is 8. The molecule has 3 amide bonds. The molecule has 1 aromatic carbocycles. The first kappa shape index (κ1) is 28.1. The van der Waals surface area contributed by atoms with E-state index in [0.717, 1.165) is 37.7 Å². The highest BCUT2D eigenvalue weighted by molar-refractivity contribution is 5.96. The lowest BCUT2D eigenvalue weighted by Crippen LogP contribution is -2.63. The van der Waals surface area contributed by atoms with Crippen LogP contribution < -0.4 is 10.1 Å². The topological polar surface area (TPSA) is 118 Å². The molecule has 0 unspecified atom stereocenters. The van der Waals surface area contributed by atoms with Gasteiger partial charge < -0.3 is 24.6 Å². The van der Waals surface area contributed by atoms with E-state index < -0.39 is 24.0 Å². The van der Waals surface area contributed by atoms with Crippen LogP contribution in [0.25, 0.3) is 0 Å². The van der Waals surface area contributed by atoms with Crippen LogP contribution in [-0.4, -0.2) is 84.4 Å². The Hall–Kier alpha value is -3.95. The fourth-order valence-electron chi connectivity index (χ4n) is 5.31. The van der Waals surface area contributed by atoms with Gasteiger partial charge in [-0.15, -0.1) is 0 Å². The number of pyridine rings is 1. The van der Waals surface area contributed by atoms with E-state index in [0.29, 0.717) is 17.9 Å². The van der Waals surface area contributed by atoms with Crippen molar-refractivity contribution in [2.45, 2.75) is 50.6 Å². The van der Waals surface area contributed by atoms with Crippen LogP contribution in [0.15, 0.2) is 48.8 Å². The zero-order valence-corrected chi connectivity index (χ0v) is 22.5. The summed E-state index contributed by atoms with van der Waals surface area (Å²) < 4.78 is 10.2. The van der Waals surface area contributed by atoms with Crippen molar-refractivity contribution in [1.29, 1.82) is 0 Å². The Balaban J connectivity index is 1.55. The molecule has 1 aliphatic carbocycles. The Morgan fingerprint density at radius 3 is 2.41 bits per heavy atom. The number of aromatic nitrogens is 1. The molecule has 0 radical (unpaired) electrons. The third kappa shape index (κ3) is 6.93. The van der Waals surface area contributed by atoms with Crippen molar-refractivity contribution in [3.8, 4) is 5.75 Å². The third-order valence-corrected chi connectivity index (χ3v) is 7.52. The van der Waals surface area contributed by atoms with E-state index in [2.05, 4.69) is 10.3 Å². The molecule has 2 fully saturated rings. The van der Waals surface area contributed by atoms with E-state index in [9.17, 15) is 19.2 Å². The van der Waals surface area contributed by atoms with Gasteiger partial charge in [-0.25, -0.2) is 4.79 Å². The van der Waals surface area contributed by atoms with Gasteiger partial charge in [-0.3, -0.25) is 19.4 Å². The Kier molecular flexibility index (Phi) is 9.51. The number of hydrogen-bond donors (Lipinski definition) is 1. The zero-order chi connectivity index (χ0) is 27.8. The molecule has 2 aliphatic rings. The lowest BCUT2D eigenvalue weighted by Gasteiger charge is -2.42. The lowest BCUT2D eigenvalue weighted by atomic mass is 9.87. The minimum Gasteiger partial charge on any atom is -0.497 e. The van der Waals surface area contributed by atoms with Gasteiger partial charge in [-0.05, 0) is 42.7 Å². The maximum absolute atomic E-state index is 13.7. The number of ether oxygens (including phenoxy) is 2. The quantitative estimate of drug-likeness (QED) is 0.514. The second-order valence-electron chi connectivity index (χ2n) is 10.0. The minimum absolute atomic E-state index is 0.0223. The van der Waals surface area contributed by atoms with Crippen molar-refractivity contribution in [1.82, 2.24) is 20.1 Å². The summed E-state index contributed by atoms with van der Waals surface area (Å²) in [6.45, 7) is 0.567. The largest absolute Gasteiger partial charge is 0.497 e. The molecule has 1 aromatic heterocycles. The summed E-state index contributed by atoms with van der Waals surface area (Å²) in [5, 5.41) is 2.81. The lowest BCUT2D eigenvalue weighted by molar-refractivity contribution is -0.150. The van der Waals surface area contributed by atoms with Crippen LogP contribution >= 0.6 is 0 Å².